The number of sulfonamides is 1. The van der Waals surface area contributed by atoms with Crippen LogP contribution in [0, 0.1) is 0 Å². The molecular weight excluding hydrogens is 292 g/mol. The van der Waals surface area contributed by atoms with Crippen molar-refractivity contribution in [2.45, 2.75) is 11.9 Å². The van der Waals surface area contributed by atoms with Crippen molar-refractivity contribution in [3.63, 3.8) is 0 Å². The van der Waals surface area contributed by atoms with Gasteiger partial charge in [0.05, 0.1) is 18.0 Å². The first-order valence-corrected chi connectivity index (χ1v) is 7.73. The first kappa shape index (κ1) is 15.1. The van der Waals surface area contributed by atoms with Crippen LogP contribution in [0.1, 0.15) is 6.92 Å². The van der Waals surface area contributed by atoms with Crippen molar-refractivity contribution < 1.29 is 13.2 Å². The van der Waals surface area contributed by atoms with E-state index in [0.717, 1.165) is 0 Å². The van der Waals surface area contributed by atoms with Gasteiger partial charge in [-0.15, -0.1) is 0 Å². The molecule has 21 heavy (non-hydrogen) atoms. The average Bonchev–Trinajstić information content (AvgIpc) is 2.49. The normalized spacial score (nSPS) is 11.0. The summed E-state index contributed by atoms with van der Waals surface area (Å²) in [4.78, 5) is 3.86. The van der Waals surface area contributed by atoms with E-state index in [9.17, 15) is 8.42 Å². The van der Waals surface area contributed by atoms with Gasteiger partial charge in [-0.2, -0.15) is 8.42 Å². The molecule has 0 aliphatic heterocycles. The molecule has 0 atom stereocenters. The highest BCUT2D eigenvalue weighted by Gasteiger charge is 2.21. The van der Waals surface area contributed by atoms with E-state index >= 15 is 0 Å². The van der Waals surface area contributed by atoms with E-state index in [-0.39, 0.29) is 10.7 Å². The quantitative estimate of drug-likeness (QED) is 0.552. The molecule has 0 aliphatic rings. The molecule has 112 valence electrons. The van der Waals surface area contributed by atoms with Gasteiger partial charge >= 0.3 is 0 Å². The number of nitrogens with zero attached hydrogens (tertiary/aromatic N) is 1. The summed E-state index contributed by atoms with van der Waals surface area (Å²) < 4.78 is 32.7. The van der Waals surface area contributed by atoms with Gasteiger partial charge < -0.3 is 10.2 Å². The van der Waals surface area contributed by atoms with Crippen LogP contribution in [0.25, 0.3) is 0 Å². The third kappa shape index (κ3) is 3.41. The van der Waals surface area contributed by atoms with E-state index in [1.54, 1.807) is 30.3 Å². The average molecular weight is 308 g/mol. The van der Waals surface area contributed by atoms with Crippen LogP contribution < -0.4 is 20.7 Å². The SMILES string of the molecule is CCOc1ccccc1NS(=O)(=O)c1ncccc1NN. The first-order valence-electron chi connectivity index (χ1n) is 6.24. The van der Waals surface area contributed by atoms with Crippen molar-refractivity contribution in [1.82, 2.24) is 4.98 Å². The molecule has 0 fully saturated rings. The number of pyridine rings is 1. The minimum atomic E-state index is -3.88. The Morgan fingerprint density at radius 3 is 2.62 bits per heavy atom. The van der Waals surface area contributed by atoms with E-state index in [1.807, 2.05) is 6.92 Å². The molecule has 1 heterocycles. The summed E-state index contributed by atoms with van der Waals surface area (Å²) in [5.74, 6) is 5.76. The predicted molar refractivity (Wildman–Crippen MR) is 80.5 cm³/mol. The molecule has 0 amide bonds. The van der Waals surface area contributed by atoms with Gasteiger partial charge in [0.25, 0.3) is 10.0 Å². The fourth-order valence-electron chi connectivity index (χ4n) is 1.74. The van der Waals surface area contributed by atoms with E-state index in [4.69, 9.17) is 10.6 Å². The van der Waals surface area contributed by atoms with Crippen molar-refractivity contribution in [3.05, 3.63) is 42.6 Å². The first-order chi connectivity index (χ1) is 10.1. The van der Waals surface area contributed by atoms with Crippen LogP contribution >= 0.6 is 0 Å². The summed E-state index contributed by atoms with van der Waals surface area (Å²) in [5.41, 5.74) is 2.86. The zero-order valence-electron chi connectivity index (χ0n) is 11.4. The van der Waals surface area contributed by atoms with Gasteiger partial charge in [0.15, 0.2) is 0 Å². The van der Waals surface area contributed by atoms with Crippen molar-refractivity contribution in [2.24, 2.45) is 5.84 Å². The van der Waals surface area contributed by atoms with Crippen LogP contribution in [0.15, 0.2) is 47.6 Å². The second kappa shape index (κ2) is 6.42. The molecule has 0 aliphatic carbocycles. The number of nitrogens with one attached hydrogen (secondary N) is 2. The fourth-order valence-corrected chi connectivity index (χ4v) is 2.91. The predicted octanol–water partition coefficient (Wildman–Crippen LogP) is 1.57. The number of hydrogen-bond acceptors (Lipinski definition) is 6. The molecule has 2 rings (SSSR count). The van der Waals surface area contributed by atoms with Gasteiger partial charge in [-0.25, -0.2) is 4.98 Å². The zero-order valence-corrected chi connectivity index (χ0v) is 12.2. The number of aromatic nitrogens is 1. The zero-order chi connectivity index (χ0) is 15.3. The highest BCUT2D eigenvalue weighted by atomic mass is 32.2. The van der Waals surface area contributed by atoms with Gasteiger partial charge in [0.2, 0.25) is 5.03 Å². The molecule has 7 nitrogen and oxygen atoms in total. The largest absolute Gasteiger partial charge is 0.492 e. The van der Waals surface area contributed by atoms with Crippen molar-refractivity contribution in [3.8, 4) is 5.75 Å². The Kier molecular flexibility index (Phi) is 4.61. The van der Waals surface area contributed by atoms with Gasteiger partial charge in [0, 0.05) is 6.20 Å². The molecule has 0 saturated carbocycles. The molecular formula is C13H16N4O3S. The Bertz CT molecular complexity index is 719. The Morgan fingerprint density at radius 1 is 1.19 bits per heavy atom. The van der Waals surface area contributed by atoms with E-state index in [1.165, 1.54) is 12.3 Å². The van der Waals surface area contributed by atoms with Crippen LogP contribution in [-0.4, -0.2) is 20.0 Å². The summed E-state index contributed by atoms with van der Waals surface area (Å²) in [5, 5.41) is -0.182. The molecule has 1 aromatic heterocycles. The second-order valence-electron chi connectivity index (χ2n) is 4.04. The third-order valence-electron chi connectivity index (χ3n) is 2.61. The summed E-state index contributed by atoms with van der Waals surface area (Å²) in [6.45, 7) is 2.25. The lowest BCUT2D eigenvalue weighted by molar-refractivity contribution is 0.342. The van der Waals surface area contributed by atoms with E-state index < -0.39 is 10.0 Å². The number of hydrogen-bond donors (Lipinski definition) is 3. The molecule has 0 spiro atoms. The maximum Gasteiger partial charge on any atom is 0.281 e. The van der Waals surface area contributed by atoms with Crippen LogP contribution in [0.3, 0.4) is 0 Å². The van der Waals surface area contributed by atoms with Crippen LogP contribution in [0.5, 0.6) is 5.75 Å². The third-order valence-corrected chi connectivity index (χ3v) is 3.94. The van der Waals surface area contributed by atoms with Crippen LogP contribution in [-0.2, 0) is 10.0 Å². The van der Waals surface area contributed by atoms with Gasteiger partial charge in [-0.3, -0.25) is 10.6 Å². The smallest absolute Gasteiger partial charge is 0.281 e. The number of anilines is 2. The molecule has 0 saturated heterocycles. The van der Waals surface area contributed by atoms with Crippen molar-refractivity contribution >= 4 is 21.4 Å². The van der Waals surface area contributed by atoms with Gasteiger partial charge in [0.1, 0.15) is 5.75 Å². The molecule has 2 aromatic rings. The molecule has 0 unspecified atom stereocenters. The molecule has 0 bridgehead atoms. The topological polar surface area (TPSA) is 106 Å². The van der Waals surface area contributed by atoms with Gasteiger partial charge in [-0.05, 0) is 31.2 Å². The molecule has 0 radical (unpaired) electrons. The number of nitrogens with two attached hydrogens (primary N) is 1. The van der Waals surface area contributed by atoms with Crippen LogP contribution in [0.2, 0.25) is 0 Å². The number of hydrazine groups is 1. The van der Waals surface area contributed by atoms with Crippen LogP contribution in [0.4, 0.5) is 11.4 Å². The van der Waals surface area contributed by atoms with Gasteiger partial charge in [-0.1, -0.05) is 12.1 Å². The minimum Gasteiger partial charge on any atom is -0.492 e. The highest BCUT2D eigenvalue weighted by Crippen LogP contribution is 2.27. The van der Waals surface area contributed by atoms with E-state index in [0.29, 0.717) is 18.0 Å². The monoisotopic (exact) mass is 308 g/mol. The maximum absolute atomic E-state index is 12.4. The number of ether oxygens (including phenoxy) is 1. The summed E-state index contributed by atoms with van der Waals surface area (Å²) in [6.07, 6.45) is 1.38. The summed E-state index contributed by atoms with van der Waals surface area (Å²) in [6, 6.07) is 9.87. The Balaban J connectivity index is 2.38. The molecule has 4 N–H and O–H groups in total. The number of nitrogen functional groups attached to an aromatic ring is 1. The standard InChI is InChI=1S/C13H16N4O3S/c1-2-20-12-8-4-3-6-10(12)17-21(18,19)13-11(16-14)7-5-9-15-13/h3-9,16-17H,2,14H2,1H3. The Labute approximate surface area is 123 Å². The number of para-hydroxylation sites is 2. The molecule has 1 aromatic carbocycles. The van der Waals surface area contributed by atoms with E-state index in [2.05, 4.69) is 15.1 Å². The lowest BCUT2D eigenvalue weighted by Gasteiger charge is -2.13. The second-order valence-corrected chi connectivity index (χ2v) is 5.63. The highest BCUT2D eigenvalue weighted by molar-refractivity contribution is 7.92. The Hall–Kier alpha value is -2.32. The molecule has 8 heteroatoms. The lowest BCUT2D eigenvalue weighted by Crippen LogP contribution is -2.19. The summed E-state index contributed by atoms with van der Waals surface area (Å²) in [7, 11) is -3.88. The minimum absolute atomic E-state index is 0.182. The number of benzene rings is 1. The fraction of sp³-hybridized carbons (Fsp3) is 0.154. The Morgan fingerprint density at radius 2 is 1.90 bits per heavy atom. The number of rotatable bonds is 6. The summed E-state index contributed by atoms with van der Waals surface area (Å²) >= 11 is 0. The van der Waals surface area contributed by atoms with Crippen molar-refractivity contribution in [1.29, 1.82) is 0 Å². The maximum atomic E-state index is 12.4. The van der Waals surface area contributed by atoms with Crippen molar-refractivity contribution in [2.75, 3.05) is 16.8 Å². The lowest BCUT2D eigenvalue weighted by atomic mass is 10.3.